The molecule has 1 saturated heterocycles. The van der Waals surface area contributed by atoms with Crippen molar-refractivity contribution in [3.05, 3.63) is 69.0 Å². The number of benzene rings is 2. The number of non-ortho nitro benzene ring substituents is 1. The van der Waals surface area contributed by atoms with Gasteiger partial charge < -0.3 is 9.80 Å². The van der Waals surface area contributed by atoms with E-state index >= 15 is 0 Å². The summed E-state index contributed by atoms with van der Waals surface area (Å²) in [7, 11) is 0. The number of piperazine rings is 1. The van der Waals surface area contributed by atoms with Crippen molar-refractivity contribution < 1.29 is 14.1 Å². The van der Waals surface area contributed by atoms with Gasteiger partial charge in [-0.25, -0.2) is 4.39 Å². The molecule has 0 N–H and O–H groups in total. The minimum absolute atomic E-state index is 0.0372. The predicted octanol–water partition coefficient (Wildman–Crippen LogP) is 3.28. The highest BCUT2D eigenvalue weighted by Crippen LogP contribution is 2.23. The first-order valence-corrected chi connectivity index (χ1v) is 8.53. The maximum absolute atomic E-state index is 13.8. The van der Waals surface area contributed by atoms with E-state index in [0.29, 0.717) is 26.2 Å². The molecule has 1 heterocycles. The maximum Gasteiger partial charge on any atom is 0.271 e. The van der Waals surface area contributed by atoms with Crippen molar-refractivity contribution in [2.24, 2.45) is 0 Å². The molecule has 0 bridgehead atoms. The second-order valence-electron chi connectivity index (χ2n) is 6.02. The molecule has 0 aromatic heterocycles. The summed E-state index contributed by atoms with van der Waals surface area (Å²) in [6.07, 6.45) is -0.0810. The number of halogens is 2. The van der Waals surface area contributed by atoms with Crippen LogP contribution in [0.4, 0.5) is 15.8 Å². The number of nitro benzene ring substituents is 1. The Kier molecular flexibility index (Phi) is 5.37. The van der Waals surface area contributed by atoms with E-state index in [-0.39, 0.29) is 28.6 Å². The first-order chi connectivity index (χ1) is 12.5. The second-order valence-corrected chi connectivity index (χ2v) is 6.43. The Bertz CT molecular complexity index is 818. The van der Waals surface area contributed by atoms with E-state index in [4.69, 9.17) is 11.6 Å². The van der Waals surface area contributed by atoms with Crippen LogP contribution in [0.5, 0.6) is 0 Å². The van der Waals surface area contributed by atoms with Gasteiger partial charge >= 0.3 is 0 Å². The van der Waals surface area contributed by atoms with Crippen molar-refractivity contribution in [2.45, 2.75) is 6.42 Å². The summed E-state index contributed by atoms with van der Waals surface area (Å²) in [5.74, 6) is -0.670. The summed E-state index contributed by atoms with van der Waals surface area (Å²) in [5, 5.41) is 11.1. The summed E-state index contributed by atoms with van der Waals surface area (Å²) in [5.41, 5.74) is 0.999. The van der Waals surface area contributed by atoms with Gasteiger partial charge in [-0.05, 0) is 18.2 Å². The van der Waals surface area contributed by atoms with Gasteiger partial charge in [-0.3, -0.25) is 14.9 Å². The van der Waals surface area contributed by atoms with E-state index in [1.807, 2.05) is 11.0 Å². The molecule has 0 radical (unpaired) electrons. The third kappa shape index (κ3) is 3.94. The molecule has 0 spiro atoms. The van der Waals surface area contributed by atoms with E-state index < -0.39 is 10.7 Å². The summed E-state index contributed by atoms with van der Waals surface area (Å²) < 4.78 is 13.8. The van der Waals surface area contributed by atoms with Gasteiger partial charge in [0.1, 0.15) is 5.82 Å². The lowest BCUT2D eigenvalue weighted by Gasteiger charge is -2.36. The number of amides is 1. The quantitative estimate of drug-likeness (QED) is 0.605. The highest BCUT2D eigenvalue weighted by Gasteiger charge is 2.23. The highest BCUT2D eigenvalue weighted by atomic mass is 35.5. The molecule has 26 heavy (non-hydrogen) atoms. The first kappa shape index (κ1) is 18.1. The molecule has 0 aliphatic carbocycles. The fourth-order valence-corrected chi connectivity index (χ4v) is 3.21. The van der Waals surface area contributed by atoms with E-state index in [9.17, 15) is 19.3 Å². The van der Waals surface area contributed by atoms with Gasteiger partial charge in [-0.2, -0.15) is 0 Å². The van der Waals surface area contributed by atoms with Crippen LogP contribution in [-0.2, 0) is 11.2 Å². The molecule has 0 unspecified atom stereocenters. The number of nitro groups is 1. The van der Waals surface area contributed by atoms with Crippen molar-refractivity contribution in [1.82, 2.24) is 4.90 Å². The average Bonchev–Trinajstić information content (AvgIpc) is 2.65. The molecule has 2 aromatic carbocycles. The fraction of sp³-hybridized carbons (Fsp3) is 0.278. The van der Waals surface area contributed by atoms with Crippen LogP contribution in [0.2, 0.25) is 5.02 Å². The Morgan fingerprint density at radius 1 is 1.15 bits per heavy atom. The van der Waals surface area contributed by atoms with Crippen molar-refractivity contribution in [1.29, 1.82) is 0 Å². The minimum Gasteiger partial charge on any atom is -0.368 e. The normalized spacial score (nSPS) is 14.4. The van der Waals surface area contributed by atoms with Crippen LogP contribution in [0, 0.1) is 15.9 Å². The molecule has 0 atom stereocenters. The molecule has 6 nitrogen and oxygen atoms in total. The number of hydrogen-bond donors (Lipinski definition) is 0. The summed E-state index contributed by atoms with van der Waals surface area (Å²) >= 11 is 5.98. The summed E-state index contributed by atoms with van der Waals surface area (Å²) in [6.45, 7) is 2.04. The lowest BCUT2D eigenvalue weighted by Crippen LogP contribution is -2.49. The number of rotatable bonds is 4. The zero-order valence-corrected chi connectivity index (χ0v) is 14.7. The lowest BCUT2D eigenvalue weighted by atomic mass is 10.1. The Balaban J connectivity index is 1.62. The lowest BCUT2D eigenvalue weighted by molar-refractivity contribution is -0.384. The van der Waals surface area contributed by atoms with Gasteiger partial charge in [0.15, 0.2) is 0 Å². The van der Waals surface area contributed by atoms with Crippen LogP contribution in [0.3, 0.4) is 0 Å². The monoisotopic (exact) mass is 377 g/mol. The van der Waals surface area contributed by atoms with Crippen molar-refractivity contribution in [2.75, 3.05) is 31.1 Å². The fourth-order valence-electron chi connectivity index (χ4n) is 2.98. The van der Waals surface area contributed by atoms with Crippen molar-refractivity contribution in [3.63, 3.8) is 0 Å². The standard InChI is InChI=1S/C18H17ClFN3O3/c19-16-5-2-6-17(20)15(16)12-18(24)22-9-7-21(8-10-22)13-3-1-4-14(11-13)23(25)26/h1-6,11H,7-10,12H2. The number of carbonyl (C=O) groups excluding carboxylic acids is 1. The van der Waals surface area contributed by atoms with Crippen LogP contribution < -0.4 is 4.90 Å². The molecule has 1 amide bonds. The SMILES string of the molecule is O=C(Cc1c(F)cccc1Cl)N1CCN(c2cccc([N+](=O)[O-])c2)CC1. The molecule has 0 saturated carbocycles. The summed E-state index contributed by atoms with van der Waals surface area (Å²) in [6, 6.07) is 10.8. The number of anilines is 1. The number of carbonyl (C=O) groups is 1. The zero-order valence-electron chi connectivity index (χ0n) is 13.9. The molecule has 3 rings (SSSR count). The van der Waals surface area contributed by atoms with Gasteiger partial charge in [0.25, 0.3) is 5.69 Å². The van der Waals surface area contributed by atoms with Crippen LogP contribution >= 0.6 is 11.6 Å². The molecule has 1 fully saturated rings. The minimum atomic E-state index is -0.485. The molecular weight excluding hydrogens is 361 g/mol. The first-order valence-electron chi connectivity index (χ1n) is 8.16. The molecule has 2 aromatic rings. The van der Waals surface area contributed by atoms with E-state index in [1.54, 1.807) is 17.0 Å². The van der Waals surface area contributed by atoms with Crippen LogP contribution in [0.25, 0.3) is 0 Å². The number of nitrogens with zero attached hydrogens (tertiary/aromatic N) is 3. The Hall–Kier alpha value is -2.67. The summed E-state index contributed by atoms with van der Waals surface area (Å²) in [4.78, 5) is 26.6. The largest absolute Gasteiger partial charge is 0.368 e. The van der Waals surface area contributed by atoms with Crippen molar-refractivity contribution in [3.8, 4) is 0 Å². The molecule has 1 aliphatic heterocycles. The Morgan fingerprint density at radius 2 is 1.85 bits per heavy atom. The van der Waals surface area contributed by atoms with E-state index in [2.05, 4.69) is 0 Å². The average molecular weight is 378 g/mol. The van der Waals surface area contributed by atoms with Crippen LogP contribution in [0.15, 0.2) is 42.5 Å². The topological polar surface area (TPSA) is 66.7 Å². The van der Waals surface area contributed by atoms with Crippen LogP contribution in [-0.4, -0.2) is 41.9 Å². The third-order valence-corrected chi connectivity index (χ3v) is 4.78. The van der Waals surface area contributed by atoms with Crippen molar-refractivity contribution >= 4 is 28.9 Å². The number of hydrogen-bond acceptors (Lipinski definition) is 4. The molecule has 8 heteroatoms. The van der Waals surface area contributed by atoms with Gasteiger partial charge in [0, 0.05) is 54.6 Å². The third-order valence-electron chi connectivity index (χ3n) is 4.43. The zero-order chi connectivity index (χ0) is 18.7. The Morgan fingerprint density at radius 3 is 2.50 bits per heavy atom. The van der Waals surface area contributed by atoms with Gasteiger partial charge in [0.05, 0.1) is 11.3 Å². The second kappa shape index (κ2) is 7.70. The molecule has 136 valence electrons. The smallest absolute Gasteiger partial charge is 0.271 e. The van der Waals surface area contributed by atoms with Gasteiger partial charge in [0.2, 0.25) is 5.91 Å². The predicted molar refractivity (Wildman–Crippen MR) is 97.0 cm³/mol. The van der Waals surface area contributed by atoms with E-state index in [0.717, 1.165) is 5.69 Å². The molecular formula is C18H17ClFN3O3. The highest BCUT2D eigenvalue weighted by molar-refractivity contribution is 6.31. The molecule has 1 aliphatic rings. The van der Waals surface area contributed by atoms with Gasteiger partial charge in [-0.15, -0.1) is 0 Å². The van der Waals surface area contributed by atoms with Crippen LogP contribution in [0.1, 0.15) is 5.56 Å². The van der Waals surface area contributed by atoms with Gasteiger partial charge in [-0.1, -0.05) is 23.7 Å². The Labute approximate surface area is 154 Å². The maximum atomic E-state index is 13.8. The van der Waals surface area contributed by atoms with E-state index in [1.165, 1.54) is 24.3 Å².